The molecule has 4 aromatic rings. The van der Waals surface area contributed by atoms with Crippen LogP contribution in [0.15, 0.2) is 78.9 Å². The lowest BCUT2D eigenvalue weighted by Crippen LogP contribution is -2.09. The number of aromatic nitrogens is 1. The van der Waals surface area contributed by atoms with Crippen molar-refractivity contribution >= 4 is 39.2 Å². The highest BCUT2D eigenvalue weighted by Gasteiger charge is 2.11. The maximum Gasteiger partial charge on any atom is 0.248 e. The van der Waals surface area contributed by atoms with Crippen molar-refractivity contribution in [1.29, 1.82) is 0 Å². The molecule has 138 valence electrons. The third kappa shape index (κ3) is 3.94. The van der Waals surface area contributed by atoms with Gasteiger partial charge in [0.25, 0.3) is 0 Å². The van der Waals surface area contributed by atoms with Crippen LogP contribution in [0.25, 0.3) is 26.9 Å². The summed E-state index contributed by atoms with van der Waals surface area (Å²) >= 11 is 1.62. The molecule has 4 nitrogen and oxygen atoms in total. The van der Waals surface area contributed by atoms with Crippen LogP contribution in [-0.4, -0.2) is 18.0 Å². The standard InChI is InChI=1S/C23H18N2O2S/c1-27-20-13-12-17(23-25-18-9-5-6-10-21(18)28-23)15-19(20)24-22(26)14-11-16-7-3-2-4-8-16/h2-15H,1H3,(H,24,26). The molecule has 0 radical (unpaired) electrons. The Morgan fingerprint density at radius 3 is 2.61 bits per heavy atom. The molecule has 1 amide bonds. The second-order valence-corrected chi connectivity index (χ2v) is 7.17. The number of hydrogen-bond donors (Lipinski definition) is 1. The van der Waals surface area contributed by atoms with E-state index < -0.39 is 0 Å². The van der Waals surface area contributed by atoms with Crippen molar-refractivity contribution in [2.75, 3.05) is 12.4 Å². The van der Waals surface area contributed by atoms with E-state index in [2.05, 4.69) is 16.4 Å². The number of para-hydroxylation sites is 1. The highest BCUT2D eigenvalue weighted by molar-refractivity contribution is 7.21. The van der Waals surface area contributed by atoms with Gasteiger partial charge in [0.15, 0.2) is 0 Å². The summed E-state index contributed by atoms with van der Waals surface area (Å²) in [5.74, 6) is 0.384. The summed E-state index contributed by atoms with van der Waals surface area (Å²) in [7, 11) is 1.59. The molecule has 0 aliphatic heterocycles. The summed E-state index contributed by atoms with van der Waals surface area (Å²) in [6.45, 7) is 0. The molecule has 5 heteroatoms. The van der Waals surface area contributed by atoms with Gasteiger partial charge in [0.1, 0.15) is 10.8 Å². The number of nitrogens with one attached hydrogen (secondary N) is 1. The van der Waals surface area contributed by atoms with Gasteiger partial charge in [-0.05, 0) is 42.0 Å². The molecule has 3 aromatic carbocycles. The van der Waals surface area contributed by atoms with Gasteiger partial charge in [0.05, 0.1) is 23.0 Å². The predicted octanol–water partition coefficient (Wildman–Crippen LogP) is 5.62. The van der Waals surface area contributed by atoms with E-state index in [1.165, 1.54) is 6.08 Å². The minimum Gasteiger partial charge on any atom is -0.495 e. The fourth-order valence-corrected chi connectivity index (χ4v) is 3.81. The quantitative estimate of drug-likeness (QED) is 0.453. The summed E-state index contributed by atoms with van der Waals surface area (Å²) in [6.07, 6.45) is 3.29. The Morgan fingerprint density at radius 2 is 1.82 bits per heavy atom. The lowest BCUT2D eigenvalue weighted by atomic mass is 10.2. The van der Waals surface area contributed by atoms with Gasteiger partial charge in [-0.3, -0.25) is 4.79 Å². The number of hydrogen-bond acceptors (Lipinski definition) is 4. The van der Waals surface area contributed by atoms with Crippen LogP contribution >= 0.6 is 11.3 Å². The molecule has 0 saturated carbocycles. The molecule has 0 atom stereocenters. The van der Waals surface area contributed by atoms with E-state index in [0.717, 1.165) is 26.4 Å². The van der Waals surface area contributed by atoms with Crippen molar-refractivity contribution in [3.8, 4) is 16.3 Å². The van der Waals surface area contributed by atoms with E-state index in [0.29, 0.717) is 11.4 Å². The van der Waals surface area contributed by atoms with E-state index in [1.54, 1.807) is 24.5 Å². The van der Waals surface area contributed by atoms with Crippen LogP contribution in [0.4, 0.5) is 5.69 Å². The number of fused-ring (bicyclic) bond motifs is 1. The van der Waals surface area contributed by atoms with Crippen LogP contribution in [-0.2, 0) is 4.79 Å². The number of anilines is 1. The molecule has 0 spiro atoms. The fourth-order valence-electron chi connectivity index (χ4n) is 2.84. The number of nitrogens with zero attached hydrogens (tertiary/aromatic N) is 1. The Balaban J connectivity index is 1.60. The van der Waals surface area contributed by atoms with Gasteiger partial charge in [-0.25, -0.2) is 4.98 Å². The lowest BCUT2D eigenvalue weighted by Gasteiger charge is -2.10. The molecule has 28 heavy (non-hydrogen) atoms. The van der Waals surface area contributed by atoms with E-state index in [1.807, 2.05) is 66.7 Å². The van der Waals surface area contributed by atoms with E-state index >= 15 is 0 Å². The van der Waals surface area contributed by atoms with Gasteiger partial charge in [-0.15, -0.1) is 11.3 Å². The van der Waals surface area contributed by atoms with Gasteiger partial charge >= 0.3 is 0 Å². The smallest absolute Gasteiger partial charge is 0.248 e. The SMILES string of the molecule is COc1ccc(-c2nc3ccccc3s2)cc1NC(=O)C=Cc1ccccc1. The van der Waals surface area contributed by atoms with Gasteiger partial charge in [0, 0.05) is 11.6 Å². The highest BCUT2D eigenvalue weighted by atomic mass is 32.1. The molecule has 0 bridgehead atoms. The molecule has 0 aliphatic carbocycles. The molecule has 0 aliphatic rings. The van der Waals surface area contributed by atoms with Gasteiger partial charge in [-0.2, -0.15) is 0 Å². The van der Waals surface area contributed by atoms with Crippen molar-refractivity contribution in [3.05, 3.63) is 84.4 Å². The predicted molar refractivity (Wildman–Crippen MR) is 116 cm³/mol. The first kappa shape index (κ1) is 17.9. The Bertz CT molecular complexity index is 1120. The first-order chi connectivity index (χ1) is 13.7. The first-order valence-electron chi connectivity index (χ1n) is 8.81. The van der Waals surface area contributed by atoms with Crippen LogP contribution in [0.5, 0.6) is 5.75 Å². The largest absolute Gasteiger partial charge is 0.495 e. The van der Waals surface area contributed by atoms with Crippen molar-refractivity contribution in [3.63, 3.8) is 0 Å². The summed E-state index contributed by atoms with van der Waals surface area (Å²) in [4.78, 5) is 17.1. The third-order valence-electron chi connectivity index (χ3n) is 4.22. The van der Waals surface area contributed by atoms with Gasteiger partial charge in [0.2, 0.25) is 5.91 Å². The number of ether oxygens (including phenoxy) is 1. The Labute approximate surface area is 167 Å². The zero-order valence-corrected chi connectivity index (χ0v) is 16.1. The maximum atomic E-state index is 12.4. The van der Waals surface area contributed by atoms with E-state index in [-0.39, 0.29) is 5.91 Å². The molecule has 1 heterocycles. The van der Waals surface area contributed by atoms with Crippen molar-refractivity contribution in [2.45, 2.75) is 0 Å². The second-order valence-electron chi connectivity index (χ2n) is 6.14. The van der Waals surface area contributed by atoms with Crippen LogP contribution in [0, 0.1) is 0 Å². The number of carbonyl (C=O) groups is 1. The average molecular weight is 386 g/mol. The molecule has 0 saturated heterocycles. The minimum atomic E-state index is -0.219. The van der Waals surface area contributed by atoms with Gasteiger partial charge in [-0.1, -0.05) is 42.5 Å². The van der Waals surface area contributed by atoms with Crippen molar-refractivity contribution < 1.29 is 9.53 Å². The normalized spacial score (nSPS) is 11.0. The topological polar surface area (TPSA) is 51.2 Å². The Morgan fingerprint density at radius 1 is 1.04 bits per heavy atom. The summed E-state index contributed by atoms with van der Waals surface area (Å²) in [6, 6.07) is 23.4. The Hall–Kier alpha value is -3.44. The fraction of sp³-hybridized carbons (Fsp3) is 0.0435. The number of methoxy groups -OCH3 is 1. The second kappa shape index (κ2) is 8.06. The number of thiazole rings is 1. The van der Waals surface area contributed by atoms with Crippen LogP contribution < -0.4 is 10.1 Å². The van der Waals surface area contributed by atoms with E-state index in [9.17, 15) is 4.79 Å². The first-order valence-corrected chi connectivity index (χ1v) is 9.63. The summed E-state index contributed by atoms with van der Waals surface area (Å²) < 4.78 is 6.53. The molecule has 0 unspecified atom stereocenters. The summed E-state index contributed by atoms with van der Waals surface area (Å²) in [5.41, 5.74) is 3.48. The monoisotopic (exact) mass is 386 g/mol. The number of benzene rings is 3. The molecular formula is C23H18N2O2S. The van der Waals surface area contributed by atoms with Crippen LogP contribution in [0.2, 0.25) is 0 Å². The highest BCUT2D eigenvalue weighted by Crippen LogP contribution is 2.34. The number of amides is 1. The third-order valence-corrected chi connectivity index (χ3v) is 5.31. The number of rotatable bonds is 5. The Kier molecular flexibility index (Phi) is 5.17. The maximum absolute atomic E-state index is 12.4. The van der Waals surface area contributed by atoms with Crippen molar-refractivity contribution in [2.24, 2.45) is 0 Å². The molecule has 1 N–H and O–H groups in total. The molecule has 1 aromatic heterocycles. The zero-order chi connectivity index (χ0) is 19.3. The lowest BCUT2D eigenvalue weighted by molar-refractivity contribution is -0.111. The number of carbonyl (C=O) groups excluding carboxylic acids is 1. The van der Waals surface area contributed by atoms with Crippen LogP contribution in [0.1, 0.15) is 5.56 Å². The average Bonchev–Trinajstić information content (AvgIpc) is 3.17. The minimum absolute atomic E-state index is 0.219. The van der Waals surface area contributed by atoms with Crippen molar-refractivity contribution in [1.82, 2.24) is 4.98 Å². The van der Waals surface area contributed by atoms with Crippen LogP contribution in [0.3, 0.4) is 0 Å². The van der Waals surface area contributed by atoms with E-state index in [4.69, 9.17) is 4.74 Å². The molecule has 4 rings (SSSR count). The molecular weight excluding hydrogens is 368 g/mol. The zero-order valence-electron chi connectivity index (χ0n) is 15.3. The molecule has 0 fully saturated rings. The van der Waals surface area contributed by atoms with Gasteiger partial charge < -0.3 is 10.1 Å². The summed E-state index contributed by atoms with van der Waals surface area (Å²) in [5, 5.41) is 3.80.